The number of fused-ring (bicyclic) bond motifs is 6. The number of aryl methyl sites for hydroxylation is 2. The molecule has 0 amide bonds. The normalized spacial score (nSPS) is 14.4. The Morgan fingerprint density at radius 2 is 0.674 bits per heavy atom. The van der Waals surface area contributed by atoms with E-state index in [0.29, 0.717) is 23.7 Å². The maximum absolute atomic E-state index is 7.45. The quantitative estimate of drug-likeness (QED) is 0.114. The minimum atomic E-state index is 0.357. The Bertz CT molecular complexity index is 4610. The Morgan fingerprint density at radius 1 is 0.326 bits per heavy atom. The van der Waals surface area contributed by atoms with Crippen LogP contribution in [0.15, 0.2) is 215 Å². The molecule has 0 bridgehead atoms. The summed E-state index contributed by atoms with van der Waals surface area (Å²) in [5.41, 5.74) is 23.0. The lowest BCUT2D eigenvalue weighted by atomic mass is 9.82. The molecule has 86 heavy (non-hydrogen) atoms. The van der Waals surface area contributed by atoms with Crippen molar-refractivity contribution < 1.29 is 8.83 Å². The molecule has 0 unspecified atom stereocenters. The van der Waals surface area contributed by atoms with Crippen LogP contribution in [0.25, 0.3) is 98.4 Å². The van der Waals surface area contributed by atoms with Crippen LogP contribution in [-0.4, -0.2) is 0 Å². The van der Waals surface area contributed by atoms with Gasteiger partial charge < -0.3 is 18.6 Å². The van der Waals surface area contributed by atoms with E-state index in [1.807, 2.05) is 0 Å². The summed E-state index contributed by atoms with van der Waals surface area (Å²) in [6.45, 7) is 13.5. The Labute approximate surface area is 504 Å². The molecular formula is C82H72N2O2. The molecule has 14 aromatic rings. The summed E-state index contributed by atoms with van der Waals surface area (Å²) in [5, 5.41) is 12.4. The standard InChI is InChI=1S/C82H72N2O2/c1-49(2)57-23-11-13-25-59(57)63-27-15-29-65-67-31-17-33-73(81(67)85-79(63)65)83(55-39-35-51(5)36-40-55)75-47-71(53-19-7-8-20-53)61-44-46-70-76(48-72(54-21-9-10-22-54)62-43-45-69(75)77(61)78(62)70)84(56-41-37-52(6)38-42-56)74-34-18-32-68-66-30-16-28-64(80(66)86-82(68)74)60-26-14-12-24-58(60)50(3)4/h11-18,23-50,53-54H,7-10,19-22H2,1-6H3. The molecule has 2 heterocycles. The molecule has 4 nitrogen and oxygen atoms in total. The highest BCUT2D eigenvalue weighted by Crippen LogP contribution is 2.56. The van der Waals surface area contributed by atoms with Gasteiger partial charge >= 0.3 is 0 Å². The van der Waals surface area contributed by atoms with Gasteiger partial charge in [-0.3, -0.25) is 0 Å². The van der Waals surface area contributed by atoms with Crippen molar-refractivity contribution in [3.05, 3.63) is 240 Å². The van der Waals surface area contributed by atoms with Crippen molar-refractivity contribution in [3.63, 3.8) is 0 Å². The lowest BCUT2D eigenvalue weighted by molar-refractivity contribution is 0.669. The third-order valence-corrected chi connectivity index (χ3v) is 19.8. The largest absolute Gasteiger partial charge is 0.453 e. The molecule has 16 rings (SSSR count). The van der Waals surface area contributed by atoms with Crippen LogP contribution in [0.2, 0.25) is 0 Å². The Morgan fingerprint density at radius 3 is 1.07 bits per heavy atom. The van der Waals surface area contributed by atoms with E-state index in [0.717, 1.165) is 77.8 Å². The zero-order chi connectivity index (χ0) is 57.9. The first-order chi connectivity index (χ1) is 42.2. The van der Waals surface area contributed by atoms with E-state index in [-0.39, 0.29) is 0 Å². The van der Waals surface area contributed by atoms with Crippen molar-refractivity contribution in [2.45, 2.75) is 117 Å². The molecule has 422 valence electrons. The first kappa shape index (κ1) is 52.4. The van der Waals surface area contributed by atoms with Crippen molar-refractivity contribution in [1.29, 1.82) is 0 Å². The van der Waals surface area contributed by atoms with Crippen LogP contribution in [0.3, 0.4) is 0 Å². The van der Waals surface area contributed by atoms with E-state index in [1.165, 1.54) is 140 Å². The number of benzene rings is 12. The molecule has 2 saturated carbocycles. The van der Waals surface area contributed by atoms with Gasteiger partial charge in [0.25, 0.3) is 0 Å². The maximum atomic E-state index is 7.45. The first-order valence-electron chi connectivity index (χ1n) is 31.8. The van der Waals surface area contributed by atoms with Gasteiger partial charge in [0.05, 0.1) is 22.7 Å². The van der Waals surface area contributed by atoms with Crippen molar-refractivity contribution in [2.24, 2.45) is 0 Å². The average Bonchev–Trinajstić information content (AvgIpc) is 0.872. The summed E-state index contributed by atoms with van der Waals surface area (Å²) in [7, 11) is 0. The van der Waals surface area contributed by atoms with Gasteiger partial charge in [-0.15, -0.1) is 0 Å². The molecule has 2 aromatic heterocycles. The number of hydrogen-bond acceptors (Lipinski definition) is 4. The van der Waals surface area contributed by atoms with Crippen LogP contribution in [0.4, 0.5) is 34.1 Å². The van der Waals surface area contributed by atoms with Crippen molar-refractivity contribution in [2.75, 3.05) is 9.80 Å². The van der Waals surface area contributed by atoms with Gasteiger partial charge in [0.15, 0.2) is 11.2 Å². The van der Waals surface area contributed by atoms with E-state index < -0.39 is 0 Å². The van der Waals surface area contributed by atoms with Gasteiger partial charge in [0.1, 0.15) is 11.2 Å². The van der Waals surface area contributed by atoms with Crippen molar-refractivity contribution >= 4 is 110 Å². The molecule has 2 aliphatic carbocycles. The van der Waals surface area contributed by atoms with Gasteiger partial charge in [-0.1, -0.05) is 222 Å². The number of para-hydroxylation sites is 4. The molecule has 0 N–H and O–H groups in total. The lowest BCUT2D eigenvalue weighted by Gasteiger charge is -2.32. The fourth-order valence-electron chi connectivity index (χ4n) is 15.6. The summed E-state index contributed by atoms with van der Waals surface area (Å²) < 4.78 is 14.9. The number of rotatable bonds is 12. The minimum Gasteiger partial charge on any atom is -0.453 e. The SMILES string of the molecule is Cc1ccc(N(c2cc(C3CCCC3)c3ccc4c(N(c5ccc(C)cc5)c5cccc6c5oc5c(-c7ccccc7C(C)C)cccc56)cc(C5CCCC5)c5ccc2c3c54)c2cccc3c2oc2c(-c4ccccc4C(C)C)cccc23)cc1. The summed E-state index contributed by atoms with van der Waals surface area (Å²) in [6, 6.07) is 78.2. The molecule has 2 aliphatic rings. The number of nitrogens with zero attached hydrogens (tertiary/aromatic N) is 2. The number of anilines is 6. The molecule has 12 aromatic carbocycles. The smallest absolute Gasteiger partial charge is 0.159 e. The molecular weight excluding hydrogens is 1040 g/mol. The molecule has 0 atom stereocenters. The summed E-state index contributed by atoms with van der Waals surface area (Å²) in [6.07, 6.45) is 9.68. The molecule has 0 radical (unpaired) electrons. The second-order valence-corrected chi connectivity index (χ2v) is 25.7. The zero-order valence-corrected chi connectivity index (χ0v) is 50.3. The Kier molecular flexibility index (Phi) is 12.7. The van der Waals surface area contributed by atoms with Gasteiger partial charge in [-0.25, -0.2) is 0 Å². The first-order valence-corrected chi connectivity index (χ1v) is 31.8. The van der Waals surface area contributed by atoms with Gasteiger partial charge in [0.2, 0.25) is 0 Å². The van der Waals surface area contributed by atoms with Crippen LogP contribution in [0.5, 0.6) is 0 Å². The summed E-state index contributed by atoms with van der Waals surface area (Å²) in [4.78, 5) is 5.09. The van der Waals surface area contributed by atoms with E-state index >= 15 is 0 Å². The second-order valence-electron chi connectivity index (χ2n) is 25.7. The van der Waals surface area contributed by atoms with Gasteiger partial charge in [-0.05, 0) is 167 Å². The predicted octanol–water partition coefficient (Wildman–Crippen LogP) is 24.8. The fraction of sp³-hybridized carbons (Fsp3) is 0.220. The second kappa shape index (κ2) is 20.8. The topological polar surface area (TPSA) is 32.8 Å². The van der Waals surface area contributed by atoms with E-state index in [2.05, 4.69) is 258 Å². The highest BCUT2D eigenvalue weighted by Gasteiger charge is 2.32. The van der Waals surface area contributed by atoms with Crippen molar-refractivity contribution in [3.8, 4) is 22.3 Å². The van der Waals surface area contributed by atoms with Crippen LogP contribution < -0.4 is 9.80 Å². The van der Waals surface area contributed by atoms with Crippen LogP contribution in [-0.2, 0) is 0 Å². The van der Waals surface area contributed by atoms with Crippen LogP contribution in [0, 0.1) is 13.8 Å². The van der Waals surface area contributed by atoms with E-state index in [4.69, 9.17) is 8.83 Å². The summed E-state index contributed by atoms with van der Waals surface area (Å²) in [5.74, 6) is 1.58. The van der Waals surface area contributed by atoms with Crippen LogP contribution in [0.1, 0.15) is 136 Å². The van der Waals surface area contributed by atoms with Crippen LogP contribution >= 0.6 is 0 Å². The monoisotopic (exact) mass is 1120 g/mol. The molecule has 4 heteroatoms. The minimum absolute atomic E-state index is 0.357. The third kappa shape index (κ3) is 8.38. The molecule has 0 spiro atoms. The highest BCUT2D eigenvalue weighted by atomic mass is 16.3. The lowest BCUT2D eigenvalue weighted by Crippen LogP contribution is -2.13. The van der Waals surface area contributed by atoms with E-state index in [1.54, 1.807) is 0 Å². The molecule has 0 aliphatic heterocycles. The maximum Gasteiger partial charge on any atom is 0.159 e. The number of furan rings is 2. The third-order valence-electron chi connectivity index (χ3n) is 19.8. The Balaban J connectivity index is 0.990. The predicted molar refractivity (Wildman–Crippen MR) is 365 cm³/mol. The van der Waals surface area contributed by atoms with E-state index in [9.17, 15) is 0 Å². The number of hydrogen-bond donors (Lipinski definition) is 0. The Hall–Kier alpha value is -9.12. The van der Waals surface area contributed by atoms with Gasteiger partial charge in [-0.2, -0.15) is 0 Å². The zero-order valence-electron chi connectivity index (χ0n) is 50.3. The van der Waals surface area contributed by atoms with Crippen molar-refractivity contribution in [1.82, 2.24) is 0 Å². The molecule has 2 fully saturated rings. The fourth-order valence-corrected chi connectivity index (χ4v) is 15.6. The molecule has 0 saturated heterocycles. The highest BCUT2D eigenvalue weighted by molar-refractivity contribution is 6.30. The summed E-state index contributed by atoms with van der Waals surface area (Å²) >= 11 is 0. The average molecular weight is 1120 g/mol. The van der Waals surface area contributed by atoms with Gasteiger partial charge in [0, 0.05) is 54.8 Å².